The third-order valence-corrected chi connectivity index (χ3v) is 3.64. The van der Waals surface area contributed by atoms with Crippen molar-refractivity contribution in [3.8, 4) is 16.9 Å². The highest BCUT2D eigenvalue weighted by Gasteiger charge is 2.38. The lowest BCUT2D eigenvalue weighted by atomic mass is 10.1. The van der Waals surface area contributed by atoms with Crippen LogP contribution in [-0.2, 0) is 4.74 Å². The maximum Gasteiger partial charge on any atom is 0.119 e. The fourth-order valence-electron chi connectivity index (χ4n) is 2.42. The lowest BCUT2D eigenvalue weighted by Gasteiger charge is -2.06. The molecular weight excluding hydrogens is 248 g/mol. The van der Waals surface area contributed by atoms with E-state index in [2.05, 4.69) is 43.3 Å². The van der Waals surface area contributed by atoms with Crippen molar-refractivity contribution >= 4 is 0 Å². The van der Waals surface area contributed by atoms with Gasteiger partial charge in [-0.1, -0.05) is 55.8 Å². The minimum atomic E-state index is 0.295. The van der Waals surface area contributed by atoms with E-state index in [1.807, 2.05) is 18.2 Å². The molecule has 0 aliphatic carbocycles. The minimum absolute atomic E-state index is 0.295. The molecule has 1 heterocycles. The van der Waals surface area contributed by atoms with E-state index in [9.17, 15) is 0 Å². The Morgan fingerprint density at radius 2 is 1.60 bits per heavy atom. The summed E-state index contributed by atoms with van der Waals surface area (Å²) in [6.07, 6.45) is 3.03. The van der Waals surface area contributed by atoms with Gasteiger partial charge in [0.25, 0.3) is 0 Å². The highest BCUT2D eigenvalue weighted by molar-refractivity contribution is 5.63. The summed E-state index contributed by atoms with van der Waals surface area (Å²) < 4.78 is 11.3. The van der Waals surface area contributed by atoms with E-state index in [1.165, 1.54) is 17.5 Å². The first-order chi connectivity index (χ1) is 9.86. The molecule has 1 aliphatic rings. The van der Waals surface area contributed by atoms with Gasteiger partial charge in [-0.2, -0.15) is 0 Å². The van der Waals surface area contributed by atoms with E-state index in [-0.39, 0.29) is 0 Å². The van der Waals surface area contributed by atoms with Crippen molar-refractivity contribution in [2.75, 3.05) is 6.61 Å². The van der Waals surface area contributed by atoms with Gasteiger partial charge in [0.05, 0.1) is 6.10 Å². The smallest absolute Gasteiger partial charge is 0.119 e. The second-order valence-electron chi connectivity index (χ2n) is 5.20. The molecule has 0 radical (unpaired) electrons. The normalized spacial score (nSPS) is 20.6. The summed E-state index contributed by atoms with van der Waals surface area (Å²) in [7, 11) is 0. The van der Waals surface area contributed by atoms with Crippen LogP contribution in [0.3, 0.4) is 0 Å². The lowest BCUT2D eigenvalue weighted by molar-refractivity contribution is 0.259. The zero-order valence-corrected chi connectivity index (χ0v) is 11.8. The number of rotatable bonds is 6. The third kappa shape index (κ3) is 3.20. The molecule has 0 amide bonds. The topological polar surface area (TPSA) is 21.8 Å². The summed E-state index contributed by atoms with van der Waals surface area (Å²) in [6, 6.07) is 18.6. The molecule has 1 fully saturated rings. The fourth-order valence-corrected chi connectivity index (χ4v) is 2.42. The summed E-state index contributed by atoms with van der Waals surface area (Å²) >= 11 is 0. The van der Waals surface area contributed by atoms with E-state index in [4.69, 9.17) is 9.47 Å². The third-order valence-electron chi connectivity index (χ3n) is 3.64. The van der Waals surface area contributed by atoms with Crippen LogP contribution in [-0.4, -0.2) is 18.8 Å². The second-order valence-corrected chi connectivity index (χ2v) is 5.20. The summed E-state index contributed by atoms with van der Waals surface area (Å²) in [5, 5.41) is 0. The Labute approximate surface area is 120 Å². The van der Waals surface area contributed by atoms with Crippen molar-refractivity contribution in [3.05, 3.63) is 54.6 Å². The maximum absolute atomic E-state index is 5.77. The second kappa shape index (κ2) is 6.10. The molecule has 0 unspecified atom stereocenters. The fraction of sp³-hybridized carbons (Fsp3) is 0.333. The molecule has 1 aliphatic heterocycles. The molecule has 20 heavy (non-hydrogen) atoms. The molecule has 0 saturated carbocycles. The molecule has 2 atom stereocenters. The Bertz CT molecular complexity index is 533. The summed E-state index contributed by atoms with van der Waals surface area (Å²) in [5.74, 6) is 0.912. The number of ether oxygens (including phenoxy) is 2. The van der Waals surface area contributed by atoms with Crippen LogP contribution in [0.4, 0.5) is 0 Å². The zero-order chi connectivity index (χ0) is 13.8. The van der Waals surface area contributed by atoms with E-state index in [0.717, 1.165) is 12.2 Å². The zero-order valence-electron chi connectivity index (χ0n) is 11.8. The first-order valence-electron chi connectivity index (χ1n) is 7.30. The van der Waals surface area contributed by atoms with Gasteiger partial charge in [-0.3, -0.25) is 0 Å². The molecule has 3 rings (SSSR count). The van der Waals surface area contributed by atoms with Crippen LogP contribution in [0.1, 0.15) is 19.8 Å². The number of benzene rings is 2. The average molecular weight is 268 g/mol. The van der Waals surface area contributed by atoms with Crippen molar-refractivity contribution in [1.82, 2.24) is 0 Å². The van der Waals surface area contributed by atoms with Gasteiger partial charge in [-0.25, -0.2) is 0 Å². The van der Waals surface area contributed by atoms with Gasteiger partial charge in [0.15, 0.2) is 0 Å². The van der Waals surface area contributed by atoms with Crippen molar-refractivity contribution in [3.63, 3.8) is 0 Å². The van der Waals surface area contributed by atoms with Crippen LogP contribution in [0.25, 0.3) is 11.1 Å². The van der Waals surface area contributed by atoms with Crippen molar-refractivity contribution in [2.24, 2.45) is 0 Å². The molecule has 2 aromatic rings. The molecule has 2 nitrogen and oxygen atoms in total. The average Bonchev–Trinajstić information content (AvgIpc) is 3.25. The van der Waals surface area contributed by atoms with Gasteiger partial charge in [0.2, 0.25) is 0 Å². The molecule has 1 saturated heterocycles. The lowest BCUT2D eigenvalue weighted by Crippen LogP contribution is -2.07. The Morgan fingerprint density at radius 3 is 2.30 bits per heavy atom. The monoisotopic (exact) mass is 268 g/mol. The molecule has 0 N–H and O–H groups in total. The number of epoxide rings is 1. The van der Waals surface area contributed by atoms with E-state index >= 15 is 0 Å². The van der Waals surface area contributed by atoms with Crippen LogP contribution in [0, 0.1) is 0 Å². The maximum atomic E-state index is 5.77. The Kier molecular flexibility index (Phi) is 4.03. The van der Waals surface area contributed by atoms with Crippen LogP contribution in [0.2, 0.25) is 0 Å². The van der Waals surface area contributed by atoms with Gasteiger partial charge in [-0.15, -0.1) is 0 Å². The number of hydrogen-bond acceptors (Lipinski definition) is 2. The van der Waals surface area contributed by atoms with E-state index < -0.39 is 0 Å². The molecule has 0 spiro atoms. The van der Waals surface area contributed by atoms with Gasteiger partial charge in [0, 0.05) is 0 Å². The number of hydrogen-bond donors (Lipinski definition) is 0. The molecule has 0 bridgehead atoms. The first kappa shape index (κ1) is 13.2. The summed E-state index contributed by atoms with van der Waals surface area (Å²) in [4.78, 5) is 0. The standard InChI is InChI=1S/C18H20O2/c1-2-6-17-18(20-17)13-19-16-11-9-15(10-12-16)14-7-4-3-5-8-14/h3-5,7-12,17-18H,2,6,13H2,1H3/t17-,18+/m1/s1. The highest BCUT2D eigenvalue weighted by atomic mass is 16.6. The van der Waals surface area contributed by atoms with E-state index in [1.54, 1.807) is 0 Å². The van der Waals surface area contributed by atoms with Crippen molar-refractivity contribution < 1.29 is 9.47 Å². The SMILES string of the molecule is CCC[C@H]1O[C@H]1COc1ccc(-c2ccccc2)cc1. The Morgan fingerprint density at radius 1 is 0.900 bits per heavy atom. The van der Waals surface area contributed by atoms with Crippen LogP contribution in [0.5, 0.6) is 5.75 Å². The van der Waals surface area contributed by atoms with Crippen LogP contribution in [0.15, 0.2) is 54.6 Å². The predicted octanol–water partition coefficient (Wildman–Crippen LogP) is 4.30. The Hall–Kier alpha value is -1.80. The van der Waals surface area contributed by atoms with Gasteiger partial charge >= 0.3 is 0 Å². The molecule has 0 aromatic heterocycles. The molecule has 2 aromatic carbocycles. The quantitative estimate of drug-likeness (QED) is 0.729. The van der Waals surface area contributed by atoms with Gasteiger partial charge in [-0.05, 0) is 29.7 Å². The minimum Gasteiger partial charge on any atom is -0.491 e. The molecule has 104 valence electrons. The summed E-state index contributed by atoms with van der Waals surface area (Å²) in [6.45, 7) is 2.84. The van der Waals surface area contributed by atoms with Gasteiger partial charge < -0.3 is 9.47 Å². The van der Waals surface area contributed by atoms with Gasteiger partial charge in [0.1, 0.15) is 18.5 Å². The molecule has 2 heteroatoms. The van der Waals surface area contributed by atoms with E-state index in [0.29, 0.717) is 18.8 Å². The summed E-state index contributed by atoms with van der Waals surface area (Å²) in [5.41, 5.74) is 2.44. The van der Waals surface area contributed by atoms with Crippen molar-refractivity contribution in [1.29, 1.82) is 0 Å². The van der Waals surface area contributed by atoms with Crippen molar-refractivity contribution in [2.45, 2.75) is 32.0 Å². The predicted molar refractivity (Wildman–Crippen MR) is 80.9 cm³/mol. The largest absolute Gasteiger partial charge is 0.491 e. The highest BCUT2D eigenvalue weighted by Crippen LogP contribution is 2.28. The van der Waals surface area contributed by atoms with Crippen LogP contribution >= 0.6 is 0 Å². The Balaban J connectivity index is 1.55. The molecular formula is C18H20O2. The first-order valence-corrected chi connectivity index (χ1v) is 7.30. The van der Waals surface area contributed by atoms with Crippen LogP contribution < -0.4 is 4.74 Å².